The molecule has 0 spiro atoms. The maximum absolute atomic E-state index is 12.7. The van der Waals surface area contributed by atoms with Gasteiger partial charge in [0, 0.05) is 24.2 Å². The molecule has 2 rings (SSSR count). The molecule has 4 nitrogen and oxygen atoms in total. The summed E-state index contributed by atoms with van der Waals surface area (Å²) in [6.45, 7) is 8.65. The van der Waals surface area contributed by atoms with E-state index in [1.165, 1.54) is 0 Å². The van der Waals surface area contributed by atoms with Crippen LogP contribution in [0.25, 0.3) is 0 Å². The molecular weight excluding hydrogens is 372 g/mol. The second-order valence-electron chi connectivity index (χ2n) is 8.22. The van der Waals surface area contributed by atoms with Crippen molar-refractivity contribution in [2.24, 2.45) is 5.73 Å². The van der Waals surface area contributed by atoms with Crippen molar-refractivity contribution in [3.8, 4) is 0 Å². The Morgan fingerprint density at radius 3 is 2.43 bits per heavy atom. The molecule has 2 aromatic carbocycles. The van der Waals surface area contributed by atoms with E-state index in [1.54, 1.807) is 4.90 Å². The predicted molar refractivity (Wildman–Crippen MR) is 116 cm³/mol. The van der Waals surface area contributed by atoms with Crippen LogP contribution >= 0.6 is 11.6 Å². The van der Waals surface area contributed by atoms with Gasteiger partial charge in [0.15, 0.2) is 0 Å². The number of nitrogens with two attached hydrogens (primary N) is 1. The van der Waals surface area contributed by atoms with Gasteiger partial charge >= 0.3 is 6.09 Å². The van der Waals surface area contributed by atoms with Crippen molar-refractivity contribution in [3.05, 3.63) is 70.2 Å². The Morgan fingerprint density at radius 1 is 1.14 bits per heavy atom. The van der Waals surface area contributed by atoms with E-state index in [2.05, 4.69) is 6.07 Å². The number of aryl methyl sites for hydroxylation is 1. The van der Waals surface area contributed by atoms with E-state index in [0.29, 0.717) is 19.5 Å². The monoisotopic (exact) mass is 402 g/mol. The summed E-state index contributed by atoms with van der Waals surface area (Å²) in [6, 6.07) is 15.8. The molecule has 0 heterocycles. The number of carbonyl (C=O) groups is 1. The van der Waals surface area contributed by atoms with Crippen LogP contribution in [0.5, 0.6) is 0 Å². The third kappa shape index (κ3) is 7.53. The fourth-order valence-electron chi connectivity index (χ4n) is 2.93. The Labute approximate surface area is 173 Å². The van der Waals surface area contributed by atoms with Gasteiger partial charge in [-0.15, -0.1) is 0 Å². The lowest BCUT2D eigenvalue weighted by atomic mass is 10.0. The summed E-state index contributed by atoms with van der Waals surface area (Å²) in [5, 5.41) is 0.760. The Kier molecular flexibility index (Phi) is 7.90. The van der Waals surface area contributed by atoms with E-state index in [4.69, 9.17) is 22.1 Å². The summed E-state index contributed by atoms with van der Waals surface area (Å²) in [5.74, 6) is 0. The van der Waals surface area contributed by atoms with Gasteiger partial charge < -0.3 is 15.4 Å². The molecule has 0 saturated carbocycles. The first kappa shape index (κ1) is 22.3. The molecule has 1 amide bonds. The van der Waals surface area contributed by atoms with Gasteiger partial charge in [-0.25, -0.2) is 4.79 Å². The van der Waals surface area contributed by atoms with Gasteiger partial charge in [0.05, 0.1) is 0 Å². The van der Waals surface area contributed by atoms with Crippen molar-refractivity contribution in [2.45, 2.75) is 58.7 Å². The summed E-state index contributed by atoms with van der Waals surface area (Å²) in [4.78, 5) is 14.4. The highest BCUT2D eigenvalue weighted by molar-refractivity contribution is 6.31. The predicted octanol–water partition coefficient (Wildman–Crippen LogP) is 5.35. The zero-order valence-corrected chi connectivity index (χ0v) is 18.0. The van der Waals surface area contributed by atoms with Gasteiger partial charge in [0.2, 0.25) is 0 Å². The van der Waals surface area contributed by atoms with Crippen molar-refractivity contribution in [3.63, 3.8) is 0 Å². The van der Waals surface area contributed by atoms with Crippen LogP contribution in [0.2, 0.25) is 5.02 Å². The normalized spacial score (nSPS) is 12.5. The minimum Gasteiger partial charge on any atom is -0.444 e. The zero-order chi connectivity index (χ0) is 20.7. The standard InChI is InChI=1S/C23H31ClN2O2/c1-17-14-19(10-11-21(17)24)15-20(25)12-13-26(22(27)28-23(2,3)4)16-18-8-6-5-7-9-18/h5-11,14,20H,12-13,15-16,25H2,1-4H3. The van der Waals surface area contributed by atoms with Crippen LogP contribution in [0.15, 0.2) is 48.5 Å². The van der Waals surface area contributed by atoms with Crippen LogP contribution in [0, 0.1) is 6.92 Å². The zero-order valence-electron chi connectivity index (χ0n) is 17.2. The lowest BCUT2D eigenvalue weighted by Gasteiger charge is -2.28. The van der Waals surface area contributed by atoms with Crippen LogP contribution < -0.4 is 5.73 Å². The van der Waals surface area contributed by atoms with Crippen molar-refractivity contribution in [1.82, 2.24) is 4.90 Å². The number of amides is 1. The molecule has 0 bridgehead atoms. The topological polar surface area (TPSA) is 55.6 Å². The molecule has 0 aliphatic carbocycles. The van der Waals surface area contributed by atoms with Gasteiger partial charge in [-0.3, -0.25) is 0 Å². The Bertz CT molecular complexity index is 772. The van der Waals surface area contributed by atoms with Crippen LogP contribution in [0.4, 0.5) is 4.79 Å². The average molecular weight is 403 g/mol. The van der Waals surface area contributed by atoms with Crippen LogP contribution in [-0.2, 0) is 17.7 Å². The molecule has 2 N–H and O–H groups in total. The minimum absolute atomic E-state index is 0.0544. The molecule has 0 fully saturated rings. The Morgan fingerprint density at radius 2 is 1.82 bits per heavy atom. The first-order valence-electron chi connectivity index (χ1n) is 9.66. The Balaban J connectivity index is 2.00. The van der Waals surface area contributed by atoms with Gasteiger partial charge in [-0.1, -0.05) is 54.1 Å². The van der Waals surface area contributed by atoms with Gasteiger partial charge in [-0.2, -0.15) is 0 Å². The highest BCUT2D eigenvalue weighted by Gasteiger charge is 2.22. The molecule has 5 heteroatoms. The largest absolute Gasteiger partial charge is 0.444 e. The van der Waals surface area contributed by atoms with E-state index < -0.39 is 5.60 Å². The van der Waals surface area contributed by atoms with Crippen molar-refractivity contribution in [2.75, 3.05) is 6.54 Å². The second kappa shape index (κ2) is 9.94. The van der Waals surface area contributed by atoms with Gasteiger partial charge in [0.25, 0.3) is 0 Å². The van der Waals surface area contributed by atoms with Crippen molar-refractivity contribution >= 4 is 17.7 Å². The molecule has 1 atom stereocenters. The summed E-state index contributed by atoms with van der Waals surface area (Å²) in [6.07, 6.45) is 1.12. The van der Waals surface area contributed by atoms with E-state index in [9.17, 15) is 4.79 Å². The van der Waals surface area contributed by atoms with Gasteiger partial charge in [0.1, 0.15) is 5.60 Å². The molecule has 0 aromatic heterocycles. The fraction of sp³-hybridized carbons (Fsp3) is 0.435. The maximum Gasteiger partial charge on any atom is 0.410 e. The molecular formula is C23H31ClN2O2. The number of ether oxygens (including phenoxy) is 1. The van der Waals surface area contributed by atoms with Crippen molar-refractivity contribution in [1.29, 1.82) is 0 Å². The van der Waals surface area contributed by atoms with E-state index in [0.717, 1.165) is 28.1 Å². The first-order chi connectivity index (χ1) is 13.1. The average Bonchev–Trinajstić information content (AvgIpc) is 2.61. The highest BCUT2D eigenvalue weighted by atomic mass is 35.5. The summed E-state index contributed by atoms with van der Waals surface area (Å²) < 4.78 is 5.58. The molecule has 28 heavy (non-hydrogen) atoms. The number of carbonyl (C=O) groups excluding carboxylic acids is 1. The molecule has 1 unspecified atom stereocenters. The lowest BCUT2D eigenvalue weighted by Crippen LogP contribution is -2.39. The number of halogens is 1. The van der Waals surface area contributed by atoms with Crippen LogP contribution in [0.1, 0.15) is 43.9 Å². The van der Waals surface area contributed by atoms with E-state index in [-0.39, 0.29) is 12.1 Å². The van der Waals surface area contributed by atoms with E-state index in [1.807, 2.05) is 70.2 Å². The van der Waals surface area contributed by atoms with Crippen LogP contribution in [0.3, 0.4) is 0 Å². The SMILES string of the molecule is Cc1cc(CC(N)CCN(Cc2ccccc2)C(=O)OC(C)(C)C)ccc1Cl. The lowest BCUT2D eigenvalue weighted by molar-refractivity contribution is 0.0228. The number of hydrogen-bond donors (Lipinski definition) is 1. The first-order valence-corrected chi connectivity index (χ1v) is 10.0. The summed E-state index contributed by atoms with van der Waals surface area (Å²) in [7, 11) is 0. The van der Waals surface area contributed by atoms with Gasteiger partial charge in [-0.05, 0) is 63.3 Å². The third-order valence-corrected chi connectivity index (χ3v) is 4.78. The third-order valence-electron chi connectivity index (χ3n) is 4.36. The number of rotatable bonds is 7. The summed E-state index contributed by atoms with van der Waals surface area (Å²) in [5.41, 5.74) is 9.08. The molecule has 0 aliphatic rings. The quantitative estimate of drug-likeness (QED) is 0.679. The molecule has 2 aromatic rings. The second-order valence-corrected chi connectivity index (χ2v) is 8.63. The summed E-state index contributed by atoms with van der Waals surface area (Å²) >= 11 is 6.10. The molecule has 0 radical (unpaired) electrons. The van der Waals surface area contributed by atoms with Crippen molar-refractivity contribution < 1.29 is 9.53 Å². The smallest absolute Gasteiger partial charge is 0.410 e. The Hall–Kier alpha value is -2.04. The molecule has 0 aliphatic heterocycles. The fourth-order valence-corrected chi connectivity index (χ4v) is 3.04. The van der Waals surface area contributed by atoms with E-state index >= 15 is 0 Å². The molecule has 152 valence electrons. The van der Waals surface area contributed by atoms with Crippen LogP contribution in [-0.4, -0.2) is 29.2 Å². The maximum atomic E-state index is 12.7. The number of hydrogen-bond acceptors (Lipinski definition) is 3. The number of benzene rings is 2. The minimum atomic E-state index is -0.533. The molecule has 0 saturated heterocycles. The number of nitrogens with zero attached hydrogens (tertiary/aromatic N) is 1. The highest BCUT2D eigenvalue weighted by Crippen LogP contribution is 2.18.